The van der Waals surface area contributed by atoms with Crippen LogP contribution in [0.5, 0.6) is 0 Å². The Morgan fingerprint density at radius 3 is 1.91 bits per heavy atom. The van der Waals surface area contributed by atoms with Gasteiger partial charge in [0.25, 0.3) is 0 Å². The summed E-state index contributed by atoms with van der Waals surface area (Å²) in [6, 6.07) is 0. The van der Waals surface area contributed by atoms with Crippen LogP contribution in [-0.2, 0) is 9.47 Å². The van der Waals surface area contributed by atoms with Crippen LogP contribution >= 0.6 is 0 Å². The van der Waals surface area contributed by atoms with E-state index in [9.17, 15) is 0 Å². The number of rotatable bonds is 12. The Morgan fingerprint density at radius 2 is 1.45 bits per heavy atom. The summed E-state index contributed by atoms with van der Waals surface area (Å²) in [5, 5.41) is 0. The summed E-state index contributed by atoms with van der Waals surface area (Å²) in [5.74, 6) is 1.62. The van der Waals surface area contributed by atoms with Crippen LogP contribution in [0.25, 0.3) is 0 Å². The fraction of sp³-hybridized carbons (Fsp3) is 0.950. The first-order valence-electron chi connectivity index (χ1n) is 9.45. The minimum Gasteiger partial charge on any atom is -0.378 e. The molecule has 2 aliphatic carbocycles. The lowest BCUT2D eigenvalue weighted by atomic mass is 9.87. The van der Waals surface area contributed by atoms with Gasteiger partial charge in [0.1, 0.15) is 0 Å². The summed E-state index contributed by atoms with van der Waals surface area (Å²) in [5.41, 5.74) is 0.422. The molecule has 0 amide bonds. The van der Waals surface area contributed by atoms with Gasteiger partial charge in [-0.15, -0.1) is 0 Å². The van der Waals surface area contributed by atoms with Crippen molar-refractivity contribution in [2.24, 2.45) is 5.41 Å². The van der Waals surface area contributed by atoms with E-state index in [1.54, 1.807) is 5.92 Å². The van der Waals surface area contributed by atoms with E-state index in [2.05, 4.69) is 20.8 Å². The highest BCUT2D eigenvalue weighted by Gasteiger charge is 2.77. The van der Waals surface area contributed by atoms with Gasteiger partial charge >= 0.3 is 0 Å². The van der Waals surface area contributed by atoms with Gasteiger partial charge < -0.3 is 9.47 Å². The van der Waals surface area contributed by atoms with E-state index in [1.165, 1.54) is 64.2 Å². The standard InChI is InChI=1S/C20H37O2/c1-6-7-8-9-10-11-12-13-14-20(16-19(20,3)22-5)17-15-18(17,2)21-4/h6-16H2,1-5H3. The molecule has 3 atom stereocenters. The van der Waals surface area contributed by atoms with Gasteiger partial charge in [-0.05, 0) is 33.1 Å². The van der Waals surface area contributed by atoms with E-state index < -0.39 is 0 Å². The van der Waals surface area contributed by atoms with Crippen molar-refractivity contribution in [3.8, 4) is 0 Å². The zero-order chi connectivity index (χ0) is 16.3. The summed E-state index contributed by atoms with van der Waals surface area (Å²) in [6.45, 7) is 6.82. The third-order valence-corrected chi connectivity index (χ3v) is 6.49. The lowest BCUT2D eigenvalue weighted by Crippen LogP contribution is -2.25. The van der Waals surface area contributed by atoms with Crippen molar-refractivity contribution in [3.63, 3.8) is 0 Å². The highest BCUT2D eigenvalue weighted by Crippen LogP contribution is 2.76. The van der Waals surface area contributed by atoms with Crippen molar-refractivity contribution in [3.05, 3.63) is 5.92 Å². The normalized spacial score (nSPS) is 37.5. The molecule has 2 nitrogen and oxygen atoms in total. The molecule has 0 heterocycles. The molecule has 3 unspecified atom stereocenters. The molecule has 2 rings (SSSR count). The van der Waals surface area contributed by atoms with E-state index in [4.69, 9.17) is 9.47 Å². The predicted molar refractivity (Wildman–Crippen MR) is 93.0 cm³/mol. The minimum atomic E-state index is 0.0381. The molecule has 0 spiro atoms. The maximum Gasteiger partial charge on any atom is 0.0727 e. The molecule has 0 aliphatic heterocycles. The summed E-state index contributed by atoms with van der Waals surface area (Å²) >= 11 is 0. The van der Waals surface area contributed by atoms with Gasteiger partial charge in [-0.3, -0.25) is 0 Å². The monoisotopic (exact) mass is 309 g/mol. The molecule has 2 saturated carbocycles. The molecule has 0 N–H and O–H groups in total. The summed E-state index contributed by atoms with van der Waals surface area (Å²) in [6.07, 6.45) is 14.8. The maximum atomic E-state index is 5.85. The van der Waals surface area contributed by atoms with Crippen LogP contribution in [0, 0.1) is 11.3 Å². The van der Waals surface area contributed by atoms with Crippen molar-refractivity contribution < 1.29 is 9.47 Å². The van der Waals surface area contributed by atoms with Gasteiger partial charge in [0.2, 0.25) is 0 Å². The highest BCUT2D eigenvalue weighted by molar-refractivity contribution is 5.43. The SMILES string of the molecule is CCCCCCCCCCC1([C]2CC2(C)OC)CC1(C)OC. The van der Waals surface area contributed by atoms with E-state index in [-0.39, 0.29) is 11.2 Å². The maximum absolute atomic E-state index is 5.85. The topological polar surface area (TPSA) is 18.5 Å². The number of ether oxygens (including phenoxy) is 2. The van der Waals surface area contributed by atoms with Crippen LogP contribution in [-0.4, -0.2) is 25.4 Å². The second kappa shape index (κ2) is 7.21. The number of hydrogen-bond donors (Lipinski definition) is 0. The molecule has 0 aromatic carbocycles. The highest BCUT2D eigenvalue weighted by atomic mass is 16.5. The molecule has 129 valence electrons. The van der Waals surface area contributed by atoms with Gasteiger partial charge in [-0.2, -0.15) is 0 Å². The van der Waals surface area contributed by atoms with Crippen molar-refractivity contribution >= 4 is 0 Å². The van der Waals surface area contributed by atoms with Crippen molar-refractivity contribution in [1.82, 2.24) is 0 Å². The van der Waals surface area contributed by atoms with Crippen molar-refractivity contribution in [2.75, 3.05) is 14.2 Å². The second-order valence-electron chi connectivity index (χ2n) is 8.01. The van der Waals surface area contributed by atoms with Crippen molar-refractivity contribution in [1.29, 1.82) is 0 Å². The van der Waals surface area contributed by atoms with Gasteiger partial charge in [0.05, 0.1) is 11.2 Å². The Kier molecular flexibility index (Phi) is 5.99. The van der Waals surface area contributed by atoms with Gasteiger partial charge in [0.15, 0.2) is 0 Å². The van der Waals surface area contributed by atoms with Crippen LogP contribution in [0.2, 0.25) is 0 Å². The molecule has 0 saturated heterocycles. The van der Waals surface area contributed by atoms with Crippen LogP contribution in [0.1, 0.15) is 91.4 Å². The van der Waals surface area contributed by atoms with Gasteiger partial charge in [-0.1, -0.05) is 58.3 Å². The molecule has 2 aliphatic rings. The van der Waals surface area contributed by atoms with Gasteiger partial charge in [-0.25, -0.2) is 0 Å². The van der Waals surface area contributed by atoms with E-state index in [0.717, 1.165) is 6.42 Å². The quantitative estimate of drug-likeness (QED) is 0.431. The molecule has 0 bridgehead atoms. The molecule has 0 aromatic heterocycles. The number of methoxy groups -OCH3 is 2. The first-order chi connectivity index (χ1) is 10.5. The van der Waals surface area contributed by atoms with Crippen molar-refractivity contribution in [2.45, 2.75) is 103 Å². The molecule has 2 fully saturated rings. The Labute approximate surface area is 138 Å². The van der Waals surface area contributed by atoms with Gasteiger partial charge in [0, 0.05) is 25.6 Å². The molecule has 22 heavy (non-hydrogen) atoms. The third-order valence-electron chi connectivity index (χ3n) is 6.49. The fourth-order valence-corrected chi connectivity index (χ4v) is 4.45. The van der Waals surface area contributed by atoms with Crippen LogP contribution < -0.4 is 0 Å². The first-order valence-corrected chi connectivity index (χ1v) is 9.45. The van der Waals surface area contributed by atoms with Crippen LogP contribution in [0.4, 0.5) is 0 Å². The number of hydrogen-bond acceptors (Lipinski definition) is 2. The molecule has 2 heteroatoms. The lowest BCUT2D eigenvalue weighted by Gasteiger charge is -2.24. The third kappa shape index (κ3) is 3.53. The van der Waals surface area contributed by atoms with E-state index >= 15 is 0 Å². The Hall–Kier alpha value is -0.0800. The Bertz CT molecular complexity index is 356. The van der Waals surface area contributed by atoms with Crippen LogP contribution in [0.3, 0.4) is 0 Å². The average molecular weight is 310 g/mol. The van der Waals surface area contributed by atoms with Crippen LogP contribution in [0.15, 0.2) is 0 Å². The fourth-order valence-electron chi connectivity index (χ4n) is 4.45. The minimum absolute atomic E-state index is 0.0381. The first kappa shape index (κ1) is 18.3. The smallest absolute Gasteiger partial charge is 0.0727 e. The largest absolute Gasteiger partial charge is 0.378 e. The Balaban J connectivity index is 1.70. The molecule has 1 radical (unpaired) electrons. The zero-order valence-electron chi connectivity index (χ0n) is 15.6. The van der Waals surface area contributed by atoms with E-state index in [1.807, 2.05) is 14.2 Å². The zero-order valence-corrected chi connectivity index (χ0v) is 15.6. The predicted octanol–water partition coefficient (Wildman–Crippen LogP) is 5.70. The molecular formula is C20H37O2. The average Bonchev–Trinajstić information content (AvgIpc) is 3.37. The lowest BCUT2D eigenvalue weighted by molar-refractivity contribution is 0.0465. The molecule has 0 aromatic rings. The summed E-state index contributed by atoms with van der Waals surface area (Å²) in [4.78, 5) is 0. The second-order valence-corrected chi connectivity index (χ2v) is 8.01. The van der Waals surface area contributed by atoms with E-state index in [0.29, 0.717) is 5.41 Å². The Morgan fingerprint density at radius 1 is 0.864 bits per heavy atom. The number of unbranched alkanes of at least 4 members (excludes halogenated alkanes) is 7. The summed E-state index contributed by atoms with van der Waals surface area (Å²) in [7, 11) is 3.73. The molecular weight excluding hydrogens is 272 g/mol. The summed E-state index contributed by atoms with van der Waals surface area (Å²) < 4.78 is 11.6.